The highest BCUT2D eigenvalue weighted by molar-refractivity contribution is 6.30. The Balaban J connectivity index is 2.00. The number of rotatable bonds is 5. The lowest BCUT2D eigenvalue weighted by Gasteiger charge is -2.34. The SMILES string of the molecule is COC(=O)C1=C(C)N(Cc2cccc(Cl)c2)C(=O)C[C@@H]1c1ccc(C(C)C)cc1. The molecule has 3 rings (SSSR count). The molecule has 4 nitrogen and oxygen atoms in total. The minimum absolute atomic E-state index is 0.0203. The number of benzene rings is 2. The van der Waals surface area contributed by atoms with Gasteiger partial charge in [-0.15, -0.1) is 0 Å². The molecule has 0 bridgehead atoms. The molecular weight excluding hydrogens is 386 g/mol. The van der Waals surface area contributed by atoms with E-state index in [1.807, 2.05) is 37.3 Å². The minimum Gasteiger partial charge on any atom is -0.466 e. The summed E-state index contributed by atoms with van der Waals surface area (Å²) in [4.78, 5) is 27.3. The lowest BCUT2D eigenvalue weighted by molar-refractivity contribution is -0.138. The standard InChI is InChI=1S/C24H26ClNO3/c1-15(2)18-8-10-19(11-9-18)21-13-22(27)26(16(3)23(21)24(28)29-4)14-17-6-5-7-20(25)12-17/h5-12,15,21H,13-14H2,1-4H3/t21-/m1/s1. The van der Waals surface area contributed by atoms with Crippen LogP contribution in [0, 0.1) is 0 Å². The summed E-state index contributed by atoms with van der Waals surface area (Å²) < 4.78 is 5.07. The molecule has 1 aliphatic rings. The minimum atomic E-state index is -0.399. The van der Waals surface area contributed by atoms with Gasteiger partial charge in [-0.25, -0.2) is 4.79 Å². The van der Waals surface area contributed by atoms with E-state index >= 15 is 0 Å². The number of methoxy groups -OCH3 is 1. The van der Waals surface area contributed by atoms with Crippen LogP contribution in [0.4, 0.5) is 0 Å². The van der Waals surface area contributed by atoms with Gasteiger partial charge < -0.3 is 9.64 Å². The lowest BCUT2D eigenvalue weighted by atomic mass is 9.83. The van der Waals surface area contributed by atoms with Crippen LogP contribution < -0.4 is 0 Å². The fraction of sp³-hybridized carbons (Fsp3) is 0.333. The van der Waals surface area contributed by atoms with Gasteiger partial charge in [0.1, 0.15) is 0 Å². The summed E-state index contributed by atoms with van der Waals surface area (Å²) in [6.45, 7) is 6.45. The predicted molar refractivity (Wildman–Crippen MR) is 115 cm³/mol. The lowest BCUT2D eigenvalue weighted by Crippen LogP contribution is -2.37. The highest BCUT2D eigenvalue weighted by Gasteiger charge is 2.36. The van der Waals surface area contributed by atoms with Crippen molar-refractivity contribution in [2.75, 3.05) is 7.11 Å². The van der Waals surface area contributed by atoms with Crippen LogP contribution in [0.2, 0.25) is 5.02 Å². The Morgan fingerprint density at radius 2 is 1.90 bits per heavy atom. The zero-order chi connectivity index (χ0) is 21.1. The first kappa shape index (κ1) is 21.1. The smallest absolute Gasteiger partial charge is 0.336 e. The number of hydrogen-bond acceptors (Lipinski definition) is 3. The van der Waals surface area contributed by atoms with E-state index in [4.69, 9.17) is 16.3 Å². The maximum atomic E-state index is 13.0. The van der Waals surface area contributed by atoms with E-state index in [9.17, 15) is 9.59 Å². The van der Waals surface area contributed by atoms with Crippen molar-refractivity contribution in [3.63, 3.8) is 0 Å². The third-order valence-corrected chi connectivity index (χ3v) is 5.70. The van der Waals surface area contributed by atoms with E-state index in [2.05, 4.69) is 26.0 Å². The quantitative estimate of drug-likeness (QED) is 0.616. The summed E-state index contributed by atoms with van der Waals surface area (Å²) in [5, 5.41) is 0.616. The van der Waals surface area contributed by atoms with Gasteiger partial charge in [0.2, 0.25) is 5.91 Å². The van der Waals surface area contributed by atoms with Crippen LogP contribution in [-0.2, 0) is 20.9 Å². The van der Waals surface area contributed by atoms with Gasteiger partial charge >= 0.3 is 5.97 Å². The van der Waals surface area contributed by atoms with Crippen LogP contribution in [0.15, 0.2) is 59.8 Å². The molecule has 0 fully saturated rings. The van der Waals surface area contributed by atoms with Crippen molar-refractivity contribution in [3.05, 3.63) is 81.5 Å². The molecule has 2 aromatic carbocycles. The molecule has 152 valence electrons. The van der Waals surface area contributed by atoms with E-state index in [0.717, 1.165) is 11.1 Å². The summed E-state index contributed by atoms with van der Waals surface area (Å²) >= 11 is 6.09. The van der Waals surface area contributed by atoms with Gasteiger partial charge in [-0.1, -0.05) is 61.8 Å². The summed E-state index contributed by atoms with van der Waals surface area (Å²) in [5.41, 5.74) is 4.25. The number of nitrogens with zero attached hydrogens (tertiary/aromatic N) is 1. The van der Waals surface area contributed by atoms with Crippen LogP contribution in [0.1, 0.15) is 55.7 Å². The predicted octanol–water partition coefficient (Wildman–Crippen LogP) is 5.43. The van der Waals surface area contributed by atoms with Crippen LogP contribution in [-0.4, -0.2) is 23.9 Å². The zero-order valence-electron chi connectivity index (χ0n) is 17.2. The van der Waals surface area contributed by atoms with Crippen molar-refractivity contribution in [2.24, 2.45) is 0 Å². The summed E-state index contributed by atoms with van der Waals surface area (Å²) in [6, 6.07) is 15.5. The maximum Gasteiger partial charge on any atom is 0.336 e. The number of ether oxygens (including phenoxy) is 1. The molecule has 0 spiro atoms. The first-order chi connectivity index (χ1) is 13.8. The number of carbonyl (C=O) groups excluding carboxylic acids is 2. The molecule has 0 aromatic heterocycles. The molecule has 0 saturated heterocycles. The average molecular weight is 412 g/mol. The highest BCUT2D eigenvalue weighted by atomic mass is 35.5. The number of amides is 1. The molecule has 0 N–H and O–H groups in total. The molecule has 1 heterocycles. The molecule has 0 unspecified atom stereocenters. The fourth-order valence-corrected chi connectivity index (χ4v) is 4.01. The monoisotopic (exact) mass is 411 g/mol. The second kappa shape index (κ2) is 8.83. The second-order valence-corrected chi connectivity index (χ2v) is 8.11. The number of hydrogen-bond donors (Lipinski definition) is 0. The molecule has 1 aliphatic heterocycles. The van der Waals surface area contributed by atoms with Crippen molar-refractivity contribution in [1.29, 1.82) is 0 Å². The summed E-state index contributed by atoms with van der Waals surface area (Å²) in [7, 11) is 1.37. The molecule has 0 radical (unpaired) electrons. The van der Waals surface area contributed by atoms with Gasteiger partial charge in [0.15, 0.2) is 0 Å². The average Bonchev–Trinajstić information content (AvgIpc) is 2.70. The van der Waals surface area contributed by atoms with Gasteiger partial charge in [0, 0.05) is 23.1 Å². The van der Waals surface area contributed by atoms with Crippen LogP contribution in [0.5, 0.6) is 0 Å². The topological polar surface area (TPSA) is 46.6 Å². The Labute approximate surface area is 177 Å². The van der Waals surface area contributed by atoms with Crippen LogP contribution in [0.3, 0.4) is 0 Å². The van der Waals surface area contributed by atoms with Gasteiger partial charge in [-0.05, 0) is 41.7 Å². The zero-order valence-corrected chi connectivity index (χ0v) is 18.0. The van der Waals surface area contributed by atoms with Crippen molar-refractivity contribution < 1.29 is 14.3 Å². The molecule has 5 heteroatoms. The summed E-state index contributed by atoms with van der Waals surface area (Å²) in [6.07, 6.45) is 0.226. The number of carbonyl (C=O) groups is 2. The number of allylic oxidation sites excluding steroid dienone is 1. The molecular formula is C24H26ClNO3. The van der Waals surface area contributed by atoms with Gasteiger partial charge in [0.25, 0.3) is 0 Å². The van der Waals surface area contributed by atoms with Gasteiger partial charge in [-0.3, -0.25) is 4.79 Å². The molecule has 1 amide bonds. The Morgan fingerprint density at radius 3 is 2.48 bits per heavy atom. The first-order valence-electron chi connectivity index (χ1n) is 9.75. The van der Waals surface area contributed by atoms with E-state index in [1.165, 1.54) is 12.7 Å². The molecule has 2 aromatic rings. The van der Waals surface area contributed by atoms with Crippen molar-refractivity contribution in [3.8, 4) is 0 Å². The molecule has 0 saturated carbocycles. The largest absolute Gasteiger partial charge is 0.466 e. The Morgan fingerprint density at radius 1 is 1.21 bits per heavy atom. The van der Waals surface area contributed by atoms with Crippen molar-refractivity contribution >= 4 is 23.5 Å². The third-order valence-electron chi connectivity index (χ3n) is 5.46. The normalized spacial score (nSPS) is 17.1. The summed E-state index contributed by atoms with van der Waals surface area (Å²) in [5.74, 6) is -0.313. The van der Waals surface area contributed by atoms with E-state index in [1.54, 1.807) is 11.0 Å². The van der Waals surface area contributed by atoms with Crippen LogP contribution >= 0.6 is 11.6 Å². The van der Waals surface area contributed by atoms with Crippen molar-refractivity contribution in [2.45, 2.75) is 45.6 Å². The molecule has 1 atom stereocenters. The van der Waals surface area contributed by atoms with E-state index in [-0.39, 0.29) is 18.2 Å². The fourth-order valence-electron chi connectivity index (χ4n) is 3.79. The van der Waals surface area contributed by atoms with E-state index in [0.29, 0.717) is 28.8 Å². The highest BCUT2D eigenvalue weighted by Crippen LogP contribution is 2.38. The molecule has 0 aliphatic carbocycles. The maximum absolute atomic E-state index is 13.0. The second-order valence-electron chi connectivity index (χ2n) is 7.68. The first-order valence-corrected chi connectivity index (χ1v) is 10.1. The Bertz CT molecular complexity index is 947. The van der Waals surface area contributed by atoms with Crippen molar-refractivity contribution in [1.82, 2.24) is 4.90 Å². The Hall–Kier alpha value is -2.59. The Kier molecular flexibility index (Phi) is 6.43. The molecule has 29 heavy (non-hydrogen) atoms. The number of halogens is 1. The van der Waals surface area contributed by atoms with Gasteiger partial charge in [-0.2, -0.15) is 0 Å². The third kappa shape index (κ3) is 4.54. The van der Waals surface area contributed by atoms with E-state index < -0.39 is 5.97 Å². The number of esters is 1. The van der Waals surface area contributed by atoms with Crippen LogP contribution in [0.25, 0.3) is 0 Å². The van der Waals surface area contributed by atoms with Gasteiger partial charge in [0.05, 0.1) is 19.2 Å².